The van der Waals surface area contributed by atoms with Crippen molar-refractivity contribution in [3.8, 4) is 5.75 Å². The first-order chi connectivity index (χ1) is 8.70. The number of rotatable bonds is 3. The maximum atomic E-state index is 10.9. The van der Waals surface area contributed by atoms with Gasteiger partial charge in [0.15, 0.2) is 0 Å². The fourth-order valence-corrected chi connectivity index (χ4v) is 2.08. The van der Waals surface area contributed by atoms with Crippen molar-refractivity contribution in [2.24, 2.45) is 0 Å². The Hall–Kier alpha value is -1.82. The average molecular weight is 251 g/mol. The zero-order valence-electron chi connectivity index (χ0n) is 10.4. The number of ether oxygens (including phenoxy) is 1. The molecule has 1 aromatic rings. The third kappa shape index (κ3) is 2.89. The van der Waals surface area contributed by atoms with E-state index in [-0.39, 0.29) is 10.6 Å². The lowest BCUT2D eigenvalue weighted by Gasteiger charge is -2.22. The van der Waals surface area contributed by atoms with Crippen molar-refractivity contribution in [1.29, 1.82) is 0 Å². The topological polar surface area (TPSA) is 67.6 Å². The molecule has 0 spiro atoms. The van der Waals surface area contributed by atoms with E-state index in [1.807, 2.05) is 6.07 Å². The monoisotopic (exact) mass is 251 g/mol. The maximum absolute atomic E-state index is 10.9. The van der Waals surface area contributed by atoms with Crippen molar-refractivity contribution in [1.82, 2.24) is 5.32 Å². The molecule has 0 saturated carbocycles. The lowest BCUT2D eigenvalue weighted by Crippen LogP contribution is -2.27. The summed E-state index contributed by atoms with van der Waals surface area (Å²) in [6, 6.07) is 4.89. The molecule has 6 nitrogen and oxygen atoms in total. The van der Waals surface area contributed by atoms with Crippen LogP contribution in [0, 0.1) is 10.1 Å². The van der Waals surface area contributed by atoms with Crippen LogP contribution in [-0.4, -0.2) is 38.2 Å². The van der Waals surface area contributed by atoms with Gasteiger partial charge in [-0.1, -0.05) is 0 Å². The second kappa shape index (κ2) is 5.68. The van der Waals surface area contributed by atoms with E-state index in [0.717, 1.165) is 38.3 Å². The Kier molecular flexibility index (Phi) is 3.99. The van der Waals surface area contributed by atoms with E-state index < -0.39 is 0 Å². The summed E-state index contributed by atoms with van der Waals surface area (Å²) >= 11 is 0. The molecule has 1 N–H and O–H groups in total. The Balaban J connectivity index is 2.29. The van der Waals surface area contributed by atoms with Crippen LogP contribution in [-0.2, 0) is 0 Å². The summed E-state index contributed by atoms with van der Waals surface area (Å²) in [5.74, 6) is 0.524. The minimum atomic E-state index is -0.387. The second-order valence-corrected chi connectivity index (χ2v) is 4.24. The Bertz CT molecular complexity index is 429. The molecule has 1 aliphatic rings. The van der Waals surface area contributed by atoms with Gasteiger partial charge in [0.1, 0.15) is 5.75 Å². The Labute approximate surface area is 106 Å². The van der Waals surface area contributed by atoms with Crippen molar-refractivity contribution >= 4 is 11.4 Å². The third-order valence-corrected chi connectivity index (χ3v) is 3.03. The van der Waals surface area contributed by atoms with E-state index in [0.29, 0.717) is 5.75 Å². The van der Waals surface area contributed by atoms with Gasteiger partial charge >= 0.3 is 0 Å². The Morgan fingerprint density at radius 3 is 2.89 bits per heavy atom. The van der Waals surface area contributed by atoms with Crippen molar-refractivity contribution < 1.29 is 9.66 Å². The molecule has 0 atom stereocenters. The summed E-state index contributed by atoms with van der Waals surface area (Å²) in [6.45, 7) is 3.63. The third-order valence-electron chi connectivity index (χ3n) is 3.03. The number of benzene rings is 1. The maximum Gasteiger partial charge on any atom is 0.275 e. The van der Waals surface area contributed by atoms with Gasteiger partial charge in [0.25, 0.3) is 5.69 Å². The smallest absolute Gasteiger partial charge is 0.275 e. The van der Waals surface area contributed by atoms with Gasteiger partial charge in [-0.3, -0.25) is 10.1 Å². The zero-order valence-corrected chi connectivity index (χ0v) is 10.4. The van der Waals surface area contributed by atoms with E-state index >= 15 is 0 Å². The number of hydrogen-bond acceptors (Lipinski definition) is 5. The fourth-order valence-electron chi connectivity index (χ4n) is 2.08. The number of methoxy groups -OCH3 is 1. The molecule has 1 aliphatic heterocycles. The number of anilines is 1. The van der Waals surface area contributed by atoms with E-state index in [4.69, 9.17) is 4.74 Å². The van der Waals surface area contributed by atoms with Crippen LogP contribution in [0.15, 0.2) is 18.2 Å². The minimum Gasteiger partial charge on any atom is -0.496 e. The van der Waals surface area contributed by atoms with Gasteiger partial charge in [0, 0.05) is 37.5 Å². The number of nitro benzene ring substituents is 1. The fraction of sp³-hybridized carbons (Fsp3) is 0.500. The molecular formula is C12H17N3O3. The van der Waals surface area contributed by atoms with E-state index in [1.54, 1.807) is 6.07 Å². The van der Waals surface area contributed by atoms with Gasteiger partial charge < -0.3 is 15.0 Å². The van der Waals surface area contributed by atoms with Crippen molar-refractivity contribution in [3.05, 3.63) is 28.3 Å². The molecule has 0 aliphatic carbocycles. The molecule has 98 valence electrons. The highest BCUT2D eigenvalue weighted by Crippen LogP contribution is 2.28. The quantitative estimate of drug-likeness (QED) is 0.649. The van der Waals surface area contributed by atoms with Crippen LogP contribution in [0.4, 0.5) is 11.4 Å². The molecule has 0 radical (unpaired) electrons. The van der Waals surface area contributed by atoms with Crippen LogP contribution < -0.4 is 15.0 Å². The van der Waals surface area contributed by atoms with Gasteiger partial charge in [-0.05, 0) is 13.0 Å². The second-order valence-electron chi connectivity index (χ2n) is 4.24. The number of nitro groups is 1. The molecule has 1 fully saturated rings. The molecule has 1 aromatic carbocycles. The molecule has 0 aromatic heterocycles. The molecular weight excluding hydrogens is 234 g/mol. The van der Waals surface area contributed by atoms with Crippen molar-refractivity contribution in [2.75, 3.05) is 38.2 Å². The summed E-state index contributed by atoms with van der Waals surface area (Å²) in [7, 11) is 1.52. The van der Waals surface area contributed by atoms with Crippen molar-refractivity contribution in [3.63, 3.8) is 0 Å². The molecule has 0 amide bonds. The van der Waals surface area contributed by atoms with E-state index in [2.05, 4.69) is 10.2 Å². The van der Waals surface area contributed by atoms with Crippen LogP contribution in [0.1, 0.15) is 6.42 Å². The van der Waals surface area contributed by atoms with Crippen molar-refractivity contribution in [2.45, 2.75) is 6.42 Å². The molecule has 0 bridgehead atoms. The zero-order chi connectivity index (χ0) is 13.0. The van der Waals surface area contributed by atoms with Gasteiger partial charge in [-0.2, -0.15) is 0 Å². The molecule has 6 heteroatoms. The van der Waals surface area contributed by atoms with Crippen LogP contribution in [0.5, 0.6) is 5.75 Å². The summed E-state index contributed by atoms with van der Waals surface area (Å²) in [6.07, 6.45) is 1.03. The summed E-state index contributed by atoms with van der Waals surface area (Å²) in [4.78, 5) is 12.7. The molecule has 18 heavy (non-hydrogen) atoms. The first-order valence-electron chi connectivity index (χ1n) is 6.00. The number of hydrogen-bond donors (Lipinski definition) is 1. The van der Waals surface area contributed by atoms with Gasteiger partial charge in [-0.15, -0.1) is 0 Å². The average Bonchev–Trinajstić information content (AvgIpc) is 2.67. The Morgan fingerprint density at radius 1 is 1.33 bits per heavy atom. The van der Waals surface area contributed by atoms with Crippen LogP contribution >= 0.6 is 0 Å². The minimum absolute atomic E-state index is 0.0709. The van der Waals surface area contributed by atoms with Gasteiger partial charge in [-0.25, -0.2) is 0 Å². The number of nitrogens with one attached hydrogen (secondary N) is 1. The summed E-state index contributed by atoms with van der Waals surface area (Å²) in [5.41, 5.74) is 0.923. The van der Waals surface area contributed by atoms with Crippen LogP contribution in [0.25, 0.3) is 0 Å². The van der Waals surface area contributed by atoms with Crippen LogP contribution in [0.3, 0.4) is 0 Å². The number of nitrogens with zero attached hydrogens (tertiary/aromatic N) is 2. The molecule has 2 rings (SSSR count). The van der Waals surface area contributed by atoms with E-state index in [1.165, 1.54) is 13.2 Å². The Morgan fingerprint density at radius 2 is 2.17 bits per heavy atom. The first-order valence-corrected chi connectivity index (χ1v) is 6.00. The predicted octanol–water partition coefficient (Wildman–Crippen LogP) is 1.40. The largest absolute Gasteiger partial charge is 0.496 e. The lowest BCUT2D eigenvalue weighted by atomic mass is 10.2. The predicted molar refractivity (Wildman–Crippen MR) is 69.3 cm³/mol. The van der Waals surface area contributed by atoms with Gasteiger partial charge in [0.2, 0.25) is 0 Å². The molecule has 1 saturated heterocycles. The molecule has 0 unspecified atom stereocenters. The number of non-ortho nitro benzene ring substituents is 1. The normalized spacial score (nSPS) is 16.2. The molecule has 1 heterocycles. The van der Waals surface area contributed by atoms with Crippen LogP contribution in [0.2, 0.25) is 0 Å². The van der Waals surface area contributed by atoms with Gasteiger partial charge in [0.05, 0.1) is 18.1 Å². The highest BCUT2D eigenvalue weighted by molar-refractivity contribution is 5.58. The standard InChI is InChI=1S/C12H17N3O3/c1-18-12-8-10(7-11(9-12)15(16)17)14-5-2-3-13-4-6-14/h7-9,13H,2-6H2,1H3. The summed E-state index contributed by atoms with van der Waals surface area (Å²) in [5, 5.41) is 14.2. The highest BCUT2D eigenvalue weighted by atomic mass is 16.6. The first kappa shape index (κ1) is 12.6. The SMILES string of the molecule is COc1cc(N2CCCNCC2)cc([N+](=O)[O-])c1. The van der Waals surface area contributed by atoms with E-state index in [9.17, 15) is 10.1 Å². The lowest BCUT2D eigenvalue weighted by molar-refractivity contribution is -0.384. The highest BCUT2D eigenvalue weighted by Gasteiger charge is 2.15. The summed E-state index contributed by atoms with van der Waals surface area (Å²) < 4.78 is 5.12.